The summed E-state index contributed by atoms with van der Waals surface area (Å²) >= 11 is 0. The van der Waals surface area contributed by atoms with Gasteiger partial charge in [0.2, 0.25) is 0 Å². The Bertz CT molecular complexity index is 276. The van der Waals surface area contributed by atoms with Gasteiger partial charge in [-0.3, -0.25) is 4.70 Å². The van der Waals surface area contributed by atoms with Gasteiger partial charge in [0, 0.05) is 25.4 Å². The lowest BCUT2D eigenvalue weighted by Gasteiger charge is -2.35. The first-order valence-electron chi connectivity index (χ1n) is 11.6. The molecule has 1 atom stereocenters. The third-order valence-corrected chi connectivity index (χ3v) is 8.75. The van der Waals surface area contributed by atoms with Crippen molar-refractivity contribution in [1.82, 2.24) is 0 Å². The highest BCUT2D eigenvalue weighted by atomic mass is 28.4. The Kier molecular flexibility index (Phi) is 22.5. The fourth-order valence-corrected chi connectivity index (χ4v) is 7.02. The van der Waals surface area contributed by atoms with E-state index in [9.17, 15) is 0 Å². The summed E-state index contributed by atoms with van der Waals surface area (Å²) < 4.78 is 18.7. The van der Waals surface area contributed by atoms with E-state index in [-0.39, 0.29) is 4.70 Å². The van der Waals surface area contributed by atoms with Crippen molar-refractivity contribution >= 4 is 8.80 Å². The number of rotatable bonds is 20. The van der Waals surface area contributed by atoms with Crippen molar-refractivity contribution in [1.29, 1.82) is 0 Å². The maximum Gasteiger partial charge on any atom is 0.504 e. The van der Waals surface area contributed by atoms with E-state index in [1.54, 1.807) is 0 Å². The van der Waals surface area contributed by atoms with Crippen LogP contribution in [0.15, 0.2) is 0 Å². The lowest BCUT2D eigenvalue weighted by atomic mass is 10.0. The minimum absolute atomic E-state index is 0. The molecule has 0 radical (unpaired) electrons. The van der Waals surface area contributed by atoms with Crippen LogP contribution in [0.1, 0.15) is 118 Å². The highest BCUT2D eigenvalue weighted by molar-refractivity contribution is 6.62. The van der Waals surface area contributed by atoms with Gasteiger partial charge in [-0.25, -0.2) is 0 Å². The number of unbranched alkanes of at least 4 members (excludes halogenated alkanes) is 9. The van der Waals surface area contributed by atoms with Crippen LogP contribution in [0.5, 0.6) is 0 Å². The zero-order valence-corrected chi connectivity index (χ0v) is 20.0. The molecule has 0 rings (SSSR count). The fraction of sp³-hybridized carbons (Fsp3) is 1.00. The van der Waals surface area contributed by atoms with Crippen LogP contribution >= 0.6 is 0 Å². The van der Waals surface area contributed by atoms with Crippen LogP contribution in [-0.4, -0.2) is 28.6 Å². The van der Waals surface area contributed by atoms with Crippen molar-refractivity contribution in [3.8, 4) is 0 Å². The zero-order valence-electron chi connectivity index (χ0n) is 19.0. The van der Waals surface area contributed by atoms with Crippen LogP contribution in [0.25, 0.3) is 0 Å². The topological polar surface area (TPSA) is 27.7 Å². The van der Waals surface area contributed by atoms with Gasteiger partial charge < -0.3 is 13.3 Å². The Morgan fingerprint density at radius 3 is 1.19 bits per heavy atom. The molecule has 0 aromatic heterocycles. The average Bonchev–Trinajstić information content (AvgIpc) is 2.63. The molecule has 5 heteroatoms. The van der Waals surface area contributed by atoms with Gasteiger partial charge in [-0.15, -0.1) is 0 Å². The molecular weight excluding hydrogens is 359 g/mol. The molecule has 0 aromatic carbocycles. The molecule has 3 nitrogen and oxygen atoms in total. The molecule has 1 unspecified atom stereocenters. The highest BCUT2D eigenvalue weighted by Gasteiger charge is 2.48. The van der Waals surface area contributed by atoms with E-state index in [0.717, 1.165) is 0 Å². The van der Waals surface area contributed by atoms with E-state index in [0.29, 0.717) is 25.4 Å². The second kappa shape index (κ2) is 20.8. The van der Waals surface area contributed by atoms with Gasteiger partial charge in [-0.2, -0.15) is 0 Å². The molecule has 0 saturated carbocycles. The molecule has 0 saturated heterocycles. The second-order valence-electron chi connectivity index (χ2n) is 7.36. The monoisotopic (exact) mass is 408 g/mol. The normalized spacial score (nSPS) is 12.8. The molecule has 0 N–H and O–H groups in total. The highest BCUT2D eigenvalue weighted by Crippen LogP contribution is 2.36. The molecule has 0 spiro atoms. The van der Waals surface area contributed by atoms with Crippen molar-refractivity contribution < 1.29 is 18.0 Å². The van der Waals surface area contributed by atoms with Gasteiger partial charge in [0.15, 0.2) is 0 Å². The maximum atomic E-state index is 6.24. The molecule has 166 valence electrons. The summed E-state index contributed by atoms with van der Waals surface area (Å²) in [7, 11) is -2.57. The lowest BCUT2D eigenvalue weighted by molar-refractivity contribution is 0.0579. The molecule has 27 heavy (non-hydrogen) atoms. The summed E-state index contributed by atoms with van der Waals surface area (Å²) in [5, 5.41) is 0. The van der Waals surface area contributed by atoms with Gasteiger partial charge in [0.05, 0.1) is 0 Å². The summed E-state index contributed by atoms with van der Waals surface area (Å²) in [6.07, 6.45) is 17.1. The van der Waals surface area contributed by atoms with Crippen molar-refractivity contribution in [3.63, 3.8) is 0 Å². The lowest BCUT2D eigenvalue weighted by Crippen LogP contribution is -2.50. The number of hydrogen-bond donors (Lipinski definition) is 0. The van der Waals surface area contributed by atoms with E-state index >= 15 is 0 Å². The standard InChI is InChI=1S/C22H48O3Si.FH/c1-6-11-13-15-17-19-21-22(20-18-16-14-12-7-2)26(23-8-3,24-9-4)25-10-5;/h22H,6-21H2,1-5H3;1H. The first-order chi connectivity index (χ1) is 12.7. The molecular formula is C22H49FO3Si. The first kappa shape index (κ1) is 29.2. The SMILES string of the molecule is CCCCCCCCC(CCCCCCC)[Si](OCC)(OCC)OCC.F. The predicted molar refractivity (Wildman–Crippen MR) is 118 cm³/mol. The van der Waals surface area contributed by atoms with Crippen molar-refractivity contribution in [2.45, 2.75) is 124 Å². The van der Waals surface area contributed by atoms with Crippen LogP contribution < -0.4 is 0 Å². The average molecular weight is 409 g/mol. The summed E-state index contributed by atoms with van der Waals surface area (Å²) in [5.74, 6) is 0. The third kappa shape index (κ3) is 13.8. The molecule has 0 fully saturated rings. The predicted octanol–water partition coefficient (Wildman–Crippen LogP) is 7.67. The van der Waals surface area contributed by atoms with Crippen molar-refractivity contribution in [2.75, 3.05) is 19.8 Å². The number of hydrogen-bond acceptors (Lipinski definition) is 3. The Morgan fingerprint density at radius 1 is 0.519 bits per heavy atom. The molecule has 0 aliphatic rings. The van der Waals surface area contributed by atoms with E-state index in [4.69, 9.17) is 13.3 Å². The Morgan fingerprint density at radius 2 is 0.852 bits per heavy atom. The second-order valence-corrected chi connectivity index (χ2v) is 10.2. The maximum absolute atomic E-state index is 6.24. The quantitative estimate of drug-likeness (QED) is 0.153. The summed E-state index contributed by atoms with van der Waals surface area (Å²) in [6.45, 7) is 12.8. The molecule has 0 aliphatic heterocycles. The Balaban J connectivity index is 0. The van der Waals surface area contributed by atoms with E-state index < -0.39 is 8.80 Å². The zero-order chi connectivity index (χ0) is 19.5. The fourth-order valence-electron chi connectivity index (χ4n) is 3.75. The summed E-state index contributed by atoms with van der Waals surface area (Å²) in [6, 6.07) is 0. The van der Waals surface area contributed by atoms with E-state index in [1.165, 1.54) is 83.5 Å². The molecule has 0 heterocycles. The van der Waals surface area contributed by atoms with Gasteiger partial charge in [0.1, 0.15) is 0 Å². The smallest absolute Gasteiger partial charge is 0.374 e. The van der Waals surface area contributed by atoms with Crippen LogP contribution in [-0.2, 0) is 13.3 Å². The van der Waals surface area contributed by atoms with E-state index in [2.05, 4.69) is 34.6 Å². The Hall–Kier alpha value is 0.0269. The Labute approximate surface area is 170 Å². The summed E-state index contributed by atoms with van der Waals surface area (Å²) in [5.41, 5.74) is 0.468. The molecule has 0 aliphatic carbocycles. The first-order valence-corrected chi connectivity index (χ1v) is 13.4. The van der Waals surface area contributed by atoms with Gasteiger partial charge >= 0.3 is 8.80 Å². The molecule has 0 amide bonds. The molecule has 0 bridgehead atoms. The number of halogens is 1. The minimum atomic E-state index is -2.57. The van der Waals surface area contributed by atoms with Crippen LogP contribution in [0.2, 0.25) is 5.54 Å². The van der Waals surface area contributed by atoms with Gasteiger partial charge in [-0.1, -0.05) is 84.5 Å². The van der Waals surface area contributed by atoms with Crippen molar-refractivity contribution in [2.24, 2.45) is 0 Å². The van der Waals surface area contributed by atoms with E-state index in [1.807, 2.05) is 0 Å². The molecule has 0 aromatic rings. The van der Waals surface area contributed by atoms with Gasteiger partial charge in [-0.05, 0) is 33.6 Å². The van der Waals surface area contributed by atoms with Gasteiger partial charge in [0.25, 0.3) is 0 Å². The van der Waals surface area contributed by atoms with Crippen LogP contribution in [0.4, 0.5) is 4.70 Å². The summed E-state index contributed by atoms with van der Waals surface area (Å²) in [4.78, 5) is 0. The van der Waals surface area contributed by atoms with Crippen LogP contribution in [0, 0.1) is 0 Å². The largest absolute Gasteiger partial charge is 0.504 e. The third-order valence-electron chi connectivity index (χ3n) is 5.10. The minimum Gasteiger partial charge on any atom is -0.374 e. The van der Waals surface area contributed by atoms with Crippen molar-refractivity contribution in [3.05, 3.63) is 0 Å². The van der Waals surface area contributed by atoms with Crippen LogP contribution in [0.3, 0.4) is 0 Å².